The zero-order chi connectivity index (χ0) is 9.26. The van der Waals surface area contributed by atoms with Gasteiger partial charge in [-0.25, -0.2) is 0 Å². The fraction of sp³-hybridized carbons (Fsp3) is 0. The number of hydrazine groups is 1. The van der Waals surface area contributed by atoms with Crippen molar-refractivity contribution in [3.63, 3.8) is 0 Å². The third-order valence-corrected chi connectivity index (χ3v) is 2.82. The summed E-state index contributed by atoms with van der Waals surface area (Å²) >= 11 is -0.0554. The SMILES string of the molecule is NNC(=O)c1ccc2n[se]nc2c1. The molecule has 0 saturated heterocycles. The van der Waals surface area contributed by atoms with Crippen LogP contribution >= 0.6 is 0 Å². The van der Waals surface area contributed by atoms with Gasteiger partial charge in [-0.15, -0.1) is 0 Å². The Kier molecular flexibility index (Phi) is 2.10. The summed E-state index contributed by atoms with van der Waals surface area (Å²) in [4.78, 5) is 11.1. The molecule has 6 heteroatoms. The molecule has 1 aromatic heterocycles. The number of nitrogen functional groups attached to an aromatic ring is 1. The number of benzene rings is 1. The van der Waals surface area contributed by atoms with Gasteiger partial charge in [-0.2, -0.15) is 0 Å². The first-order valence-electron chi connectivity index (χ1n) is 3.54. The fourth-order valence-electron chi connectivity index (χ4n) is 1.01. The summed E-state index contributed by atoms with van der Waals surface area (Å²) in [7, 11) is 0. The number of nitrogens with one attached hydrogen (secondary N) is 1. The maximum atomic E-state index is 11.1. The van der Waals surface area contributed by atoms with Crippen molar-refractivity contribution in [2.24, 2.45) is 5.84 Å². The number of fused-ring (bicyclic) bond motifs is 1. The molecule has 0 aliphatic heterocycles. The number of nitrogens with zero attached hydrogens (tertiary/aromatic N) is 2. The first-order chi connectivity index (χ1) is 6.31. The Labute approximate surface area is 80.1 Å². The minimum atomic E-state index is -0.308. The van der Waals surface area contributed by atoms with E-state index in [1.165, 1.54) is 0 Å². The second-order valence-electron chi connectivity index (χ2n) is 2.44. The molecule has 0 radical (unpaired) electrons. The Morgan fingerprint density at radius 2 is 2.15 bits per heavy atom. The number of carbonyl (C=O) groups is 1. The van der Waals surface area contributed by atoms with Crippen molar-refractivity contribution >= 4 is 31.9 Å². The van der Waals surface area contributed by atoms with Gasteiger partial charge in [0.05, 0.1) is 0 Å². The van der Waals surface area contributed by atoms with Gasteiger partial charge in [-0.1, -0.05) is 0 Å². The number of hydrogen-bond donors (Lipinski definition) is 2. The van der Waals surface area contributed by atoms with Gasteiger partial charge >= 0.3 is 79.7 Å². The van der Waals surface area contributed by atoms with E-state index in [0.29, 0.717) is 5.56 Å². The molecule has 0 spiro atoms. The monoisotopic (exact) mass is 242 g/mol. The van der Waals surface area contributed by atoms with Crippen LogP contribution in [0.5, 0.6) is 0 Å². The summed E-state index contributed by atoms with van der Waals surface area (Å²) in [5.74, 6) is 4.69. The second-order valence-corrected chi connectivity index (χ2v) is 3.55. The van der Waals surface area contributed by atoms with Crippen LogP contribution in [0, 0.1) is 0 Å². The van der Waals surface area contributed by atoms with Gasteiger partial charge in [-0.05, 0) is 0 Å². The molecule has 0 bridgehead atoms. The Hall–Kier alpha value is -1.23. The molecule has 0 aliphatic rings. The summed E-state index contributed by atoms with van der Waals surface area (Å²) in [6.45, 7) is 0. The van der Waals surface area contributed by atoms with E-state index in [2.05, 4.69) is 13.4 Å². The zero-order valence-electron chi connectivity index (χ0n) is 6.52. The normalized spacial score (nSPS) is 10.2. The van der Waals surface area contributed by atoms with E-state index in [-0.39, 0.29) is 20.9 Å². The maximum absolute atomic E-state index is 11.1. The predicted octanol–water partition coefficient (Wildman–Crippen LogP) is -0.710. The molecule has 0 fully saturated rings. The van der Waals surface area contributed by atoms with Gasteiger partial charge in [0.25, 0.3) is 0 Å². The first-order valence-corrected chi connectivity index (χ1v) is 5.08. The van der Waals surface area contributed by atoms with Crippen molar-refractivity contribution < 1.29 is 4.79 Å². The van der Waals surface area contributed by atoms with Crippen molar-refractivity contribution in [2.45, 2.75) is 0 Å². The van der Waals surface area contributed by atoms with Crippen molar-refractivity contribution in [1.29, 1.82) is 0 Å². The standard InChI is InChI=1S/C7H6N4OSe/c8-9-7(12)4-1-2-5-6(3-4)11-13-10-5/h1-3H,8H2,(H,9,12). The Balaban J connectivity index is 2.54. The van der Waals surface area contributed by atoms with E-state index in [4.69, 9.17) is 5.84 Å². The van der Waals surface area contributed by atoms with Crippen LogP contribution in [0.25, 0.3) is 11.0 Å². The average molecular weight is 241 g/mol. The van der Waals surface area contributed by atoms with Gasteiger partial charge in [-0.3, -0.25) is 0 Å². The summed E-state index contributed by atoms with van der Waals surface area (Å²) in [6.07, 6.45) is 0. The Morgan fingerprint density at radius 1 is 1.38 bits per heavy atom. The van der Waals surface area contributed by atoms with Gasteiger partial charge in [0.1, 0.15) is 0 Å². The Bertz CT molecular complexity index is 452. The number of carbonyl (C=O) groups excluding carboxylic acids is 1. The minimum absolute atomic E-state index is 0.0554. The molecule has 3 N–H and O–H groups in total. The van der Waals surface area contributed by atoms with E-state index in [1.54, 1.807) is 18.2 Å². The van der Waals surface area contributed by atoms with Crippen LogP contribution in [-0.4, -0.2) is 28.8 Å². The topological polar surface area (TPSA) is 80.9 Å². The predicted molar refractivity (Wildman–Crippen MR) is 48.1 cm³/mol. The summed E-state index contributed by atoms with van der Waals surface area (Å²) in [6, 6.07) is 5.15. The quantitative estimate of drug-likeness (QED) is 0.299. The van der Waals surface area contributed by atoms with E-state index < -0.39 is 0 Å². The number of rotatable bonds is 1. The van der Waals surface area contributed by atoms with Crippen LogP contribution in [0.15, 0.2) is 18.2 Å². The molecule has 2 rings (SSSR count). The number of nitrogens with two attached hydrogens (primary N) is 1. The van der Waals surface area contributed by atoms with Crippen molar-refractivity contribution in [3.05, 3.63) is 23.8 Å². The second kappa shape index (κ2) is 3.26. The van der Waals surface area contributed by atoms with Crippen molar-refractivity contribution in [1.82, 2.24) is 13.4 Å². The van der Waals surface area contributed by atoms with E-state index >= 15 is 0 Å². The van der Waals surface area contributed by atoms with Crippen LogP contribution in [0.4, 0.5) is 0 Å². The average Bonchev–Trinajstić information content (AvgIpc) is 2.63. The van der Waals surface area contributed by atoms with Crippen LogP contribution in [0.3, 0.4) is 0 Å². The molecule has 1 heterocycles. The van der Waals surface area contributed by atoms with E-state index in [0.717, 1.165) is 11.0 Å². The van der Waals surface area contributed by atoms with Crippen LogP contribution in [0.1, 0.15) is 10.4 Å². The molecule has 13 heavy (non-hydrogen) atoms. The molecule has 0 saturated carbocycles. The number of amides is 1. The first kappa shape index (κ1) is 8.37. The van der Waals surface area contributed by atoms with Crippen LogP contribution in [0.2, 0.25) is 0 Å². The van der Waals surface area contributed by atoms with Gasteiger partial charge in [0.15, 0.2) is 0 Å². The molecule has 1 amide bonds. The molecular formula is C7H6N4OSe. The number of aromatic nitrogens is 2. The summed E-state index contributed by atoms with van der Waals surface area (Å²) in [5.41, 5.74) is 4.21. The van der Waals surface area contributed by atoms with Crippen molar-refractivity contribution in [3.8, 4) is 0 Å². The Morgan fingerprint density at radius 3 is 2.92 bits per heavy atom. The van der Waals surface area contributed by atoms with E-state index in [9.17, 15) is 4.79 Å². The van der Waals surface area contributed by atoms with Crippen molar-refractivity contribution in [2.75, 3.05) is 0 Å². The molecule has 1 aromatic carbocycles. The van der Waals surface area contributed by atoms with Gasteiger partial charge in [0, 0.05) is 0 Å². The zero-order valence-corrected chi connectivity index (χ0v) is 8.23. The number of hydrogen-bond acceptors (Lipinski definition) is 4. The van der Waals surface area contributed by atoms with E-state index in [1.807, 2.05) is 0 Å². The third kappa shape index (κ3) is 1.47. The van der Waals surface area contributed by atoms with Gasteiger partial charge < -0.3 is 0 Å². The third-order valence-electron chi connectivity index (χ3n) is 1.65. The van der Waals surface area contributed by atoms with Crippen LogP contribution in [-0.2, 0) is 0 Å². The summed E-state index contributed by atoms with van der Waals surface area (Å²) < 4.78 is 8.31. The fourth-order valence-corrected chi connectivity index (χ4v) is 2.09. The van der Waals surface area contributed by atoms with Gasteiger partial charge in [0.2, 0.25) is 0 Å². The van der Waals surface area contributed by atoms with Crippen LogP contribution < -0.4 is 11.3 Å². The molecular weight excluding hydrogens is 235 g/mol. The molecule has 5 nitrogen and oxygen atoms in total. The molecule has 66 valence electrons. The molecule has 0 unspecified atom stereocenters. The molecule has 2 aromatic rings. The molecule has 0 aliphatic carbocycles. The molecule has 0 atom stereocenters. The summed E-state index contributed by atoms with van der Waals surface area (Å²) in [5, 5.41) is 0.